The van der Waals surface area contributed by atoms with Crippen LogP contribution in [0.3, 0.4) is 0 Å². The summed E-state index contributed by atoms with van der Waals surface area (Å²) in [5.74, 6) is -0.0629. The van der Waals surface area contributed by atoms with Crippen LogP contribution >= 0.6 is 0 Å². The van der Waals surface area contributed by atoms with Gasteiger partial charge in [0, 0.05) is 13.2 Å². The highest BCUT2D eigenvalue weighted by Crippen LogP contribution is 2.14. The molecule has 0 bridgehead atoms. The summed E-state index contributed by atoms with van der Waals surface area (Å²) in [7, 11) is -2.26. The second kappa shape index (κ2) is 4.21. The fourth-order valence-electron chi connectivity index (χ4n) is 0.938. The molecule has 0 aliphatic rings. The molecule has 0 spiro atoms. The molecule has 0 amide bonds. The summed E-state index contributed by atoms with van der Waals surface area (Å²) in [5.41, 5.74) is 0.108. The molecule has 0 aromatic carbocycles. The van der Waals surface area contributed by atoms with Gasteiger partial charge in [0.25, 0.3) is 0 Å². The quantitative estimate of drug-likeness (QED) is 0.794. The fourth-order valence-corrected chi connectivity index (χ4v) is 1.67. The summed E-state index contributed by atoms with van der Waals surface area (Å²) in [6.07, 6.45) is 1.38. The van der Waals surface area contributed by atoms with Crippen LogP contribution in [0.5, 0.6) is 0 Å². The zero-order chi connectivity index (χ0) is 12.3. The maximum atomic E-state index is 11.5. The molecule has 1 heterocycles. The minimum Gasteiger partial charge on any atom is -0.272 e. The van der Waals surface area contributed by atoms with Gasteiger partial charge in [0.05, 0.1) is 6.07 Å². The number of anilines is 1. The molecule has 0 aliphatic heterocycles. The van der Waals surface area contributed by atoms with E-state index in [0.29, 0.717) is 0 Å². The van der Waals surface area contributed by atoms with E-state index in [1.165, 1.54) is 17.8 Å². The summed E-state index contributed by atoms with van der Waals surface area (Å²) < 4.78 is 26.4. The molecule has 0 aliphatic carbocycles. The average Bonchev–Trinajstić information content (AvgIpc) is 2.56. The van der Waals surface area contributed by atoms with Crippen molar-refractivity contribution in [2.24, 2.45) is 7.05 Å². The normalized spacial score (nSPS) is 12.5. The fraction of sp³-hybridized carbons (Fsp3) is 0.375. The van der Waals surface area contributed by atoms with Gasteiger partial charge >= 0.3 is 0 Å². The highest BCUT2D eigenvalue weighted by atomic mass is 32.2. The van der Waals surface area contributed by atoms with Gasteiger partial charge in [0.1, 0.15) is 11.6 Å². The van der Waals surface area contributed by atoms with Crippen LogP contribution in [0, 0.1) is 22.7 Å². The van der Waals surface area contributed by atoms with E-state index in [2.05, 4.69) is 9.82 Å². The van der Waals surface area contributed by atoms with Gasteiger partial charge in [0.2, 0.25) is 10.0 Å². The van der Waals surface area contributed by atoms with Crippen molar-refractivity contribution in [1.82, 2.24) is 9.78 Å². The van der Waals surface area contributed by atoms with Crippen LogP contribution in [0.15, 0.2) is 6.20 Å². The average molecular weight is 239 g/mol. The van der Waals surface area contributed by atoms with Gasteiger partial charge in [-0.15, -0.1) is 0 Å². The van der Waals surface area contributed by atoms with Crippen molar-refractivity contribution >= 4 is 15.8 Å². The molecule has 0 radical (unpaired) electrons. The smallest absolute Gasteiger partial charge is 0.250 e. The van der Waals surface area contributed by atoms with Gasteiger partial charge in [-0.2, -0.15) is 15.6 Å². The molecule has 7 nitrogen and oxygen atoms in total. The monoisotopic (exact) mass is 239 g/mol. The first-order chi connectivity index (χ1) is 7.40. The van der Waals surface area contributed by atoms with E-state index in [9.17, 15) is 8.42 Å². The van der Waals surface area contributed by atoms with Gasteiger partial charge in [-0.1, -0.05) is 0 Å². The van der Waals surface area contributed by atoms with E-state index in [4.69, 9.17) is 10.5 Å². The maximum Gasteiger partial charge on any atom is 0.250 e. The van der Waals surface area contributed by atoms with Crippen molar-refractivity contribution in [3.05, 3.63) is 11.8 Å². The van der Waals surface area contributed by atoms with Crippen LogP contribution in [0.2, 0.25) is 0 Å². The van der Waals surface area contributed by atoms with Gasteiger partial charge in [-0.25, -0.2) is 8.42 Å². The highest BCUT2D eigenvalue weighted by molar-refractivity contribution is 7.93. The lowest BCUT2D eigenvalue weighted by molar-refractivity contribution is 0.597. The first kappa shape index (κ1) is 12.0. The highest BCUT2D eigenvalue weighted by Gasteiger charge is 2.22. The number of aryl methyl sites for hydroxylation is 1. The molecule has 1 unspecified atom stereocenters. The van der Waals surface area contributed by atoms with Gasteiger partial charge in [0.15, 0.2) is 11.1 Å². The molecule has 1 aromatic heterocycles. The Bertz CT molecular complexity index is 575. The second-order valence-corrected chi connectivity index (χ2v) is 5.10. The van der Waals surface area contributed by atoms with Crippen LogP contribution in [-0.2, 0) is 17.1 Å². The number of rotatable bonds is 3. The van der Waals surface area contributed by atoms with E-state index >= 15 is 0 Å². The molecule has 8 heteroatoms. The Kier molecular flexibility index (Phi) is 3.16. The predicted octanol–water partition coefficient (Wildman–Crippen LogP) is -0.0544. The summed E-state index contributed by atoms with van der Waals surface area (Å²) in [6, 6.07) is 3.40. The summed E-state index contributed by atoms with van der Waals surface area (Å²) in [4.78, 5) is 0. The molecular formula is C8H9N5O2S. The van der Waals surface area contributed by atoms with E-state index in [1.807, 2.05) is 0 Å². The molecule has 1 atom stereocenters. The van der Waals surface area contributed by atoms with E-state index in [1.54, 1.807) is 19.2 Å². The molecule has 16 heavy (non-hydrogen) atoms. The molecule has 1 N–H and O–H groups in total. The SMILES string of the molecule is CC(C#N)S(=O)(=O)Nc1nn(C)cc1C#N. The van der Waals surface area contributed by atoms with Gasteiger partial charge in [-0.05, 0) is 6.92 Å². The first-order valence-electron chi connectivity index (χ1n) is 4.25. The van der Waals surface area contributed by atoms with E-state index < -0.39 is 15.3 Å². The minimum atomic E-state index is -3.82. The largest absolute Gasteiger partial charge is 0.272 e. The summed E-state index contributed by atoms with van der Waals surface area (Å²) >= 11 is 0. The van der Waals surface area contributed by atoms with E-state index in [0.717, 1.165) is 0 Å². The summed E-state index contributed by atoms with van der Waals surface area (Å²) in [6.45, 7) is 1.25. The topological polar surface area (TPSA) is 112 Å². The lowest BCUT2D eigenvalue weighted by Gasteiger charge is -2.06. The molecule has 84 valence electrons. The predicted molar refractivity (Wildman–Crippen MR) is 55.5 cm³/mol. The van der Waals surface area contributed by atoms with Gasteiger partial charge in [-0.3, -0.25) is 9.40 Å². The Labute approximate surface area is 93.0 Å². The van der Waals surface area contributed by atoms with Crippen molar-refractivity contribution in [2.75, 3.05) is 4.72 Å². The zero-order valence-electron chi connectivity index (χ0n) is 8.67. The molecule has 1 rings (SSSR count). The van der Waals surface area contributed by atoms with Crippen LogP contribution in [-0.4, -0.2) is 23.4 Å². The van der Waals surface area contributed by atoms with Crippen LogP contribution in [0.1, 0.15) is 12.5 Å². The van der Waals surface area contributed by atoms with Gasteiger partial charge < -0.3 is 0 Å². The molecule has 1 aromatic rings. The maximum absolute atomic E-state index is 11.5. The Morgan fingerprint density at radius 2 is 2.19 bits per heavy atom. The first-order valence-corrected chi connectivity index (χ1v) is 5.80. The number of nitrogens with one attached hydrogen (secondary N) is 1. The summed E-state index contributed by atoms with van der Waals surface area (Å²) in [5, 5.41) is 19.8. The standard InChI is InChI=1S/C8H9N5O2S/c1-6(3-9)16(14,15)12-8-7(4-10)5-13(2)11-8/h5-6H,1-2H3,(H,11,12). The lowest BCUT2D eigenvalue weighted by atomic mass is 10.4. The molecule has 0 fully saturated rings. The molecule has 0 saturated carbocycles. The number of aromatic nitrogens is 2. The van der Waals surface area contributed by atoms with Crippen LogP contribution < -0.4 is 4.72 Å². The van der Waals surface area contributed by atoms with Crippen LogP contribution in [0.25, 0.3) is 0 Å². The molecule has 0 saturated heterocycles. The number of hydrogen-bond donors (Lipinski definition) is 1. The van der Waals surface area contributed by atoms with E-state index in [-0.39, 0.29) is 11.4 Å². The Morgan fingerprint density at radius 1 is 1.56 bits per heavy atom. The Balaban J connectivity index is 3.08. The number of nitriles is 2. The van der Waals surface area contributed by atoms with Crippen molar-refractivity contribution in [3.63, 3.8) is 0 Å². The van der Waals surface area contributed by atoms with Crippen molar-refractivity contribution < 1.29 is 8.42 Å². The third kappa shape index (κ3) is 2.30. The lowest BCUT2D eigenvalue weighted by Crippen LogP contribution is -2.24. The third-order valence-corrected chi connectivity index (χ3v) is 3.35. The Hall–Kier alpha value is -2.06. The third-order valence-electron chi connectivity index (χ3n) is 1.84. The molecular weight excluding hydrogens is 230 g/mol. The zero-order valence-corrected chi connectivity index (χ0v) is 9.48. The second-order valence-electron chi connectivity index (χ2n) is 3.10. The van der Waals surface area contributed by atoms with Crippen molar-refractivity contribution in [2.45, 2.75) is 12.2 Å². The van der Waals surface area contributed by atoms with Crippen molar-refractivity contribution in [1.29, 1.82) is 10.5 Å². The number of hydrogen-bond acceptors (Lipinski definition) is 5. The minimum absolute atomic E-state index is 0.0629. The van der Waals surface area contributed by atoms with Crippen LogP contribution in [0.4, 0.5) is 5.82 Å². The number of nitrogens with zero attached hydrogens (tertiary/aromatic N) is 4. The number of sulfonamides is 1. The Morgan fingerprint density at radius 3 is 2.69 bits per heavy atom. The van der Waals surface area contributed by atoms with Crippen molar-refractivity contribution in [3.8, 4) is 12.1 Å².